The Morgan fingerprint density at radius 3 is 2.31 bits per heavy atom. The molecule has 2 saturated heterocycles. The van der Waals surface area contributed by atoms with Gasteiger partial charge in [0.2, 0.25) is 0 Å². The molecule has 0 aromatic carbocycles. The number of piperazine rings is 1. The summed E-state index contributed by atoms with van der Waals surface area (Å²) in [4.78, 5) is 2.65. The molecule has 2 aliphatic rings. The van der Waals surface area contributed by atoms with Crippen LogP contribution in [0.25, 0.3) is 0 Å². The maximum atomic E-state index is 5.53. The summed E-state index contributed by atoms with van der Waals surface area (Å²) in [5, 5.41) is 3.43. The number of rotatable bonds is 4. The van der Waals surface area contributed by atoms with Gasteiger partial charge in [-0.2, -0.15) is 0 Å². The minimum Gasteiger partial charge on any atom is -0.380 e. The molecule has 1 N–H and O–H groups in total. The molecule has 0 bridgehead atoms. The molecule has 0 atom stereocenters. The minimum absolute atomic E-state index is 0.281. The molecule has 0 unspecified atom stereocenters. The first kappa shape index (κ1) is 12.3. The molecule has 0 aromatic rings. The fourth-order valence-corrected chi connectivity index (χ4v) is 3.19. The Labute approximate surface area is 99.5 Å². The van der Waals surface area contributed by atoms with Gasteiger partial charge in [-0.05, 0) is 20.3 Å². The number of nitrogens with zero attached hydrogens (tertiary/aromatic N) is 1. The lowest BCUT2D eigenvalue weighted by Crippen LogP contribution is -2.67. The summed E-state index contributed by atoms with van der Waals surface area (Å²) in [5.74, 6) is 0. The van der Waals surface area contributed by atoms with E-state index >= 15 is 0 Å². The van der Waals surface area contributed by atoms with Crippen molar-refractivity contribution < 1.29 is 4.74 Å². The Bertz CT molecular complexity index is 230. The second-order valence-corrected chi connectivity index (χ2v) is 5.82. The fraction of sp³-hybridized carbons (Fsp3) is 1.00. The summed E-state index contributed by atoms with van der Waals surface area (Å²) < 4.78 is 5.53. The first-order chi connectivity index (χ1) is 7.62. The third-order valence-corrected chi connectivity index (χ3v) is 4.69. The summed E-state index contributed by atoms with van der Waals surface area (Å²) in [7, 11) is 0. The van der Waals surface area contributed by atoms with Crippen molar-refractivity contribution in [2.24, 2.45) is 5.41 Å². The monoisotopic (exact) mass is 226 g/mol. The molecule has 0 amide bonds. The summed E-state index contributed by atoms with van der Waals surface area (Å²) in [6.45, 7) is 13.6. The molecular formula is C13H26N2O. The van der Waals surface area contributed by atoms with Crippen LogP contribution in [-0.4, -0.2) is 49.8 Å². The van der Waals surface area contributed by atoms with Crippen LogP contribution in [0.5, 0.6) is 0 Å². The largest absolute Gasteiger partial charge is 0.380 e. The van der Waals surface area contributed by atoms with Crippen molar-refractivity contribution in [3.63, 3.8) is 0 Å². The lowest BCUT2D eigenvalue weighted by Gasteiger charge is -2.58. The topological polar surface area (TPSA) is 24.5 Å². The average molecular weight is 226 g/mol. The Morgan fingerprint density at radius 2 is 1.88 bits per heavy atom. The number of ether oxygens (including phenoxy) is 1. The molecule has 0 aliphatic carbocycles. The SMILES string of the molecule is CCCC1(C(C)(C)N2CCNCC2)COC1. The van der Waals surface area contributed by atoms with Crippen LogP contribution in [0.15, 0.2) is 0 Å². The highest BCUT2D eigenvalue weighted by Crippen LogP contribution is 2.46. The van der Waals surface area contributed by atoms with E-state index in [4.69, 9.17) is 4.74 Å². The van der Waals surface area contributed by atoms with Gasteiger partial charge in [-0.3, -0.25) is 4.90 Å². The minimum atomic E-state index is 0.281. The van der Waals surface area contributed by atoms with Crippen LogP contribution >= 0.6 is 0 Å². The van der Waals surface area contributed by atoms with Crippen LogP contribution in [-0.2, 0) is 4.74 Å². The molecule has 16 heavy (non-hydrogen) atoms. The molecule has 3 nitrogen and oxygen atoms in total. The van der Waals surface area contributed by atoms with Gasteiger partial charge in [0, 0.05) is 37.1 Å². The summed E-state index contributed by atoms with van der Waals surface area (Å²) >= 11 is 0. The van der Waals surface area contributed by atoms with E-state index in [1.165, 1.54) is 25.9 Å². The van der Waals surface area contributed by atoms with Crippen molar-refractivity contribution in [2.45, 2.75) is 39.2 Å². The summed E-state index contributed by atoms with van der Waals surface area (Å²) in [6.07, 6.45) is 2.56. The quantitative estimate of drug-likeness (QED) is 0.786. The molecular weight excluding hydrogens is 200 g/mol. The Morgan fingerprint density at radius 1 is 1.25 bits per heavy atom. The average Bonchev–Trinajstić information content (AvgIpc) is 2.24. The molecule has 0 aromatic heterocycles. The maximum Gasteiger partial charge on any atom is 0.0562 e. The van der Waals surface area contributed by atoms with E-state index < -0.39 is 0 Å². The van der Waals surface area contributed by atoms with Crippen LogP contribution in [0.3, 0.4) is 0 Å². The predicted octanol–water partition coefficient (Wildman–Crippen LogP) is 1.49. The van der Waals surface area contributed by atoms with Crippen LogP contribution in [0.2, 0.25) is 0 Å². The zero-order chi connectivity index (χ0) is 11.6. The van der Waals surface area contributed by atoms with Gasteiger partial charge in [0.15, 0.2) is 0 Å². The molecule has 2 fully saturated rings. The van der Waals surface area contributed by atoms with Gasteiger partial charge >= 0.3 is 0 Å². The van der Waals surface area contributed by atoms with Crippen molar-refractivity contribution in [3.8, 4) is 0 Å². The summed E-state index contributed by atoms with van der Waals surface area (Å²) in [5.41, 5.74) is 0.683. The molecule has 2 aliphatic heterocycles. The van der Waals surface area contributed by atoms with Crippen LogP contribution in [0.4, 0.5) is 0 Å². The Hall–Kier alpha value is -0.120. The van der Waals surface area contributed by atoms with Crippen LogP contribution < -0.4 is 5.32 Å². The standard InChI is InChI=1S/C13H26N2O/c1-4-5-13(10-16-11-13)12(2,3)15-8-6-14-7-9-15/h14H,4-11H2,1-3H3. The molecule has 94 valence electrons. The molecule has 2 rings (SSSR count). The van der Waals surface area contributed by atoms with Gasteiger partial charge in [-0.25, -0.2) is 0 Å². The zero-order valence-electron chi connectivity index (χ0n) is 11.0. The molecule has 2 heterocycles. The second kappa shape index (κ2) is 4.63. The van der Waals surface area contributed by atoms with Crippen molar-refractivity contribution in [1.29, 1.82) is 0 Å². The van der Waals surface area contributed by atoms with Crippen LogP contribution in [0.1, 0.15) is 33.6 Å². The predicted molar refractivity (Wildman–Crippen MR) is 66.7 cm³/mol. The Balaban J connectivity index is 2.08. The van der Waals surface area contributed by atoms with E-state index in [9.17, 15) is 0 Å². The zero-order valence-corrected chi connectivity index (χ0v) is 11.0. The van der Waals surface area contributed by atoms with Crippen LogP contribution in [0, 0.1) is 5.41 Å². The van der Waals surface area contributed by atoms with Crippen molar-refractivity contribution in [2.75, 3.05) is 39.4 Å². The number of hydrogen-bond acceptors (Lipinski definition) is 3. The van der Waals surface area contributed by atoms with E-state index in [-0.39, 0.29) is 5.54 Å². The van der Waals surface area contributed by atoms with E-state index in [0.717, 1.165) is 26.3 Å². The smallest absolute Gasteiger partial charge is 0.0562 e. The first-order valence-corrected chi connectivity index (χ1v) is 6.66. The molecule has 3 heteroatoms. The van der Waals surface area contributed by atoms with Crippen molar-refractivity contribution in [3.05, 3.63) is 0 Å². The summed E-state index contributed by atoms with van der Waals surface area (Å²) in [6, 6.07) is 0. The highest BCUT2D eigenvalue weighted by molar-refractivity contribution is 5.04. The maximum absolute atomic E-state index is 5.53. The second-order valence-electron chi connectivity index (χ2n) is 5.82. The third-order valence-electron chi connectivity index (χ3n) is 4.69. The third kappa shape index (κ3) is 1.89. The number of hydrogen-bond donors (Lipinski definition) is 1. The first-order valence-electron chi connectivity index (χ1n) is 6.66. The fourth-order valence-electron chi connectivity index (χ4n) is 3.19. The van der Waals surface area contributed by atoms with Gasteiger partial charge in [-0.15, -0.1) is 0 Å². The number of nitrogens with one attached hydrogen (secondary N) is 1. The van der Waals surface area contributed by atoms with Gasteiger partial charge in [0.05, 0.1) is 13.2 Å². The van der Waals surface area contributed by atoms with E-state index in [2.05, 4.69) is 31.0 Å². The van der Waals surface area contributed by atoms with Gasteiger partial charge < -0.3 is 10.1 Å². The molecule has 0 radical (unpaired) electrons. The van der Waals surface area contributed by atoms with E-state index in [1.54, 1.807) is 0 Å². The molecule has 0 spiro atoms. The lowest BCUT2D eigenvalue weighted by molar-refractivity contribution is -0.191. The van der Waals surface area contributed by atoms with E-state index in [1.807, 2.05) is 0 Å². The van der Waals surface area contributed by atoms with E-state index in [0.29, 0.717) is 5.41 Å². The highest BCUT2D eigenvalue weighted by atomic mass is 16.5. The Kier molecular flexibility index (Phi) is 3.57. The van der Waals surface area contributed by atoms with Crippen molar-refractivity contribution >= 4 is 0 Å². The molecule has 0 saturated carbocycles. The van der Waals surface area contributed by atoms with Gasteiger partial charge in [-0.1, -0.05) is 13.3 Å². The van der Waals surface area contributed by atoms with Gasteiger partial charge in [0.25, 0.3) is 0 Å². The van der Waals surface area contributed by atoms with Crippen molar-refractivity contribution in [1.82, 2.24) is 10.2 Å². The normalized spacial score (nSPS) is 26.4. The highest BCUT2D eigenvalue weighted by Gasteiger charge is 2.52. The lowest BCUT2D eigenvalue weighted by atomic mass is 9.66. The van der Waals surface area contributed by atoms with Gasteiger partial charge in [0.1, 0.15) is 0 Å².